The van der Waals surface area contributed by atoms with E-state index >= 15 is 0 Å². The van der Waals surface area contributed by atoms with Crippen LogP contribution in [0.3, 0.4) is 0 Å². The molecule has 37 heavy (non-hydrogen) atoms. The monoisotopic (exact) mass is 570 g/mol. The molecule has 0 saturated carbocycles. The van der Waals surface area contributed by atoms with Crippen LogP contribution in [0, 0.1) is 17.6 Å². The molecule has 6 rings (SSSR count). The minimum Gasteiger partial charge on any atom is -1.00 e. The number of anilines is 1. The molecule has 0 unspecified atom stereocenters. The summed E-state index contributed by atoms with van der Waals surface area (Å²) in [7, 11) is 0. The number of hydrogen-bond donors (Lipinski definition) is 0. The number of benzene rings is 3. The molecule has 0 aliphatic carbocycles. The highest BCUT2D eigenvalue weighted by atomic mass is 79.9. The third-order valence-corrected chi connectivity index (χ3v) is 7.83. The highest BCUT2D eigenvalue weighted by Gasteiger charge is 2.47. The number of hydrogen-bond acceptors (Lipinski definition) is 2. The van der Waals surface area contributed by atoms with Gasteiger partial charge in [0.15, 0.2) is 6.10 Å². The number of amides is 1. The van der Waals surface area contributed by atoms with Crippen LogP contribution >= 0.6 is 0 Å². The smallest absolute Gasteiger partial charge is 0.415 e. The molecule has 7 heteroatoms. The predicted octanol–water partition coefficient (Wildman–Crippen LogP) is 3.35. The van der Waals surface area contributed by atoms with E-state index in [1.807, 2.05) is 6.07 Å². The quantitative estimate of drug-likeness (QED) is 0.389. The molecule has 3 fully saturated rings. The van der Waals surface area contributed by atoms with Crippen molar-refractivity contribution in [2.45, 2.75) is 38.3 Å². The Balaban J connectivity index is 0.00000320. The summed E-state index contributed by atoms with van der Waals surface area (Å²) in [5.41, 5.74) is 2.53. The number of ether oxygens (including phenoxy) is 1. The molecule has 196 valence electrons. The Kier molecular flexibility index (Phi) is 8.98. The molecule has 0 N–H and O–H groups in total. The number of halogens is 3. The number of piperidine rings is 3. The fraction of sp³-hybridized carbons (Fsp3) is 0.367. The lowest BCUT2D eigenvalue weighted by Crippen LogP contribution is -3.00. The highest BCUT2D eigenvalue weighted by molar-refractivity contribution is 5.87. The van der Waals surface area contributed by atoms with Crippen molar-refractivity contribution >= 4 is 11.8 Å². The Bertz CT molecular complexity index is 1170. The second-order valence-electron chi connectivity index (χ2n) is 10.2. The van der Waals surface area contributed by atoms with E-state index < -0.39 is 11.9 Å². The van der Waals surface area contributed by atoms with E-state index in [-0.39, 0.29) is 35.4 Å². The van der Waals surface area contributed by atoms with E-state index in [4.69, 9.17) is 4.74 Å². The maximum atomic E-state index is 14.0. The normalized spacial score (nSPS) is 22.2. The number of fused-ring (bicyclic) bond motifs is 3. The average Bonchev–Trinajstić information content (AvgIpc) is 2.89. The topological polar surface area (TPSA) is 29.5 Å². The standard InChI is InChI=1S/C30H33F2N2O2.BrH/c31-26-13-11-24(12-14-26)21-33(28-10-4-9-27(32)20-28)30(35)36-29-22-34(18-15-25(29)16-19-34)17-5-8-23-6-2-1-3-7-23;/h1-4,6-7,9-14,20,25,29H,5,8,15-19,21-22H2;1H/q+1;/p-1/t25?,29-,34?;/m0./s1. The van der Waals surface area contributed by atoms with Crippen LogP contribution in [0.25, 0.3) is 0 Å². The first-order chi connectivity index (χ1) is 17.5. The first-order valence-electron chi connectivity index (χ1n) is 12.9. The van der Waals surface area contributed by atoms with E-state index in [0.717, 1.165) is 61.9 Å². The minimum atomic E-state index is -0.480. The lowest BCUT2D eigenvalue weighted by molar-refractivity contribution is -0.946. The molecule has 3 aromatic carbocycles. The fourth-order valence-corrected chi connectivity index (χ4v) is 5.80. The Morgan fingerprint density at radius 2 is 1.62 bits per heavy atom. The SMILES string of the molecule is O=C(O[C@H]1C[N+]2(CCCc3ccccc3)CCC1CC2)N(Cc1ccc(F)cc1)c1cccc(F)c1.[Br-]. The van der Waals surface area contributed by atoms with Crippen molar-refractivity contribution in [1.29, 1.82) is 0 Å². The molecule has 3 aliphatic rings. The zero-order valence-electron chi connectivity index (χ0n) is 20.9. The molecule has 3 saturated heterocycles. The van der Waals surface area contributed by atoms with Crippen molar-refractivity contribution in [2.75, 3.05) is 31.1 Å². The summed E-state index contributed by atoms with van der Waals surface area (Å²) in [6, 6.07) is 22.5. The summed E-state index contributed by atoms with van der Waals surface area (Å²) in [4.78, 5) is 14.9. The Morgan fingerprint density at radius 3 is 2.32 bits per heavy atom. The Hall–Kier alpha value is -2.77. The third-order valence-electron chi connectivity index (χ3n) is 7.83. The van der Waals surface area contributed by atoms with Crippen molar-refractivity contribution in [1.82, 2.24) is 0 Å². The van der Waals surface area contributed by atoms with Crippen molar-refractivity contribution in [2.24, 2.45) is 5.92 Å². The van der Waals surface area contributed by atoms with Gasteiger partial charge in [-0.2, -0.15) is 0 Å². The van der Waals surface area contributed by atoms with Gasteiger partial charge in [-0.25, -0.2) is 13.6 Å². The largest absolute Gasteiger partial charge is 1.00 e. The summed E-state index contributed by atoms with van der Waals surface area (Å²) in [5.74, 6) is -0.398. The number of carbonyl (C=O) groups excluding carboxylic acids is 1. The molecule has 2 bridgehead atoms. The van der Waals surface area contributed by atoms with E-state index in [1.54, 1.807) is 24.3 Å². The van der Waals surface area contributed by atoms with E-state index in [9.17, 15) is 13.6 Å². The maximum Gasteiger partial charge on any atom is 0.415 e. The number of rotatable bonds is 8. The van der Waals surface area contributed by atoms with E-state index in [2.05, 4.69) is 24.3 Å². The van der Waals surface area contributed by atoms with Crippen LogP contribution in [-0.4, -0.2) is 42.9 Å². The molecule has 3 heterocycles. The first kappa shape index (κ1) is 27.3. The summed E-state index contributed by atoms with van der Waals surface area (Å²) in [5, 5.41) is 0. The van der Waals surface area contributed by atoms with E-state index in [0.29, 0.717) is 11.6 Å². The molecule has 1 atom stereocenters. The summed E-state index contributed by atoms with van der Waals surface area (Å²) in [6.07, 6.45) is 3.64. The molecule has 3 aliphatic heterocycles. The number of nitrogens with zero attached hydrogens (tertiary/aromatic N) is 2. The highest BCUT2D eigenvalue weighted by Crippen LogP contribution is 2.36. The van der Waals surface area contributed by atoms with Gasteiger partial charge in [-0.3, -0.25) is 4.90 Å². The van der Waals surface area contributed by atoms with Crippen LogP contribution in [0.5, 0.6) is 0 Å². The van der Waals surface area contributed by atoms with Crippen LogP contribution in [0.2, 0.25) is 0 Å². The van der Waals surface area contributed by atoms with Gasteiger partial charge < -0.3 is 26.2 Å². The van der Waals surface area contributed by atoms with Gasteiger partial charge in [-0.05, 0) is 47.9 Å². The summed E-state index contributed by atoms with van der Waals surface area (Å²) >= 11 is 0. The predicted molar refractivity (Wildman–Crippen MR) is 136 cm³/mol. The zero-order chi connectivity index (χ0) is 25.0. The molecule has 4 nitrogen and oxygen atoms in total. The van der Waals surface area contributed by atoms with Crippen molar-refractivity contribution in [3.63, 3.8) is 0 Å². The molecule has 0 aromatic heterocycles. The van der Waals surface area contributed by atoms with Crippen LogP contribution in [0.4, 0.5) is 19.3 Å². The lowest BCUT2D eigenvalue weighted by atomic mass is 9.83. The second kappa shape index (κ2) is 12.2. The van der Waals surface area contributed by atoms with Gasteiger partial charge in [0.05, 0.1) is 31.9 Å². The van der Waals surface area contributed by atoms with Crippen LogP contribution in [0.15, 0.2) is 78.9 Å². The van der Waals surface area contributed by atoms with Gasteiger partial charge in [0.25, 0.3) is 0 Å². The van der Waals surface area contributed by atoms with Gasteiger partial charge in [0.2, 0.25) is 0 Å². The fourth-order valence-electron chi connectivity index (χ4n) is 5.80. The molecule has 1 amide bonds. The van der Waals surface area contributed by atoms with Gasteiger partial charge in [-0.1, -0.05) is 48.5 Å². The molecular weight excluding hydrogens is 538 g/mol. The van der Waals surface area contributed by atoms with Crippen molar-refractivity contribution in [3.8, 4) is 0 Å². The lowest BCUT2D eigenvalue weighted by Gasteiger charge is -2.52. The van der Waals surface area contributed by atoms with Gasteiger partial charge in [-0.15, -0.1) is 0 Å². The molecule has 0 radical (unpaired) electrons. The Morgan fingerprint density at radius 1 is 0.892 bits per heavy atom. The van der Waals surface area contributed by atoms with Crippen LogP contribution in [0.1, 0.15) is 30.4 Å². The summed E-state index contributed by atoms with van der Waals surface area (Å²) < 4.78 is 34.6. The van der Waals surface area contributed by atoms with E-state index in [1.165, 1.54) is 34.7 Å². The number of aryl methyl sites for hydroxylation is 1. The van der Waals surface area contributed by atoms with Crippen molar-refractivity contribution < 1.29 is 39.8 Å². The number of carbonyl (C=O) groups is 1. The minimum absolute atomic E-state index is 0. The third kappa shape index (κ3) is 6.76. The van der Waals surface area contributed by atoms with Crippen LogP contribution in [-0.2, 0) is 17.7 Å². The van der Waals surface area contributed by atoms with Crippen LogP contribution < -0.4 is 21.9 Å². The van der Waals surface area contributed by atoms with Gasteiger partial charge >= 0.3 is 6.09 Å². The second-order valence-corrected chi connectivity index (χ2v) is 10.2. The average molecular weight is 572 g/mol. The summed E-state index contributed by atoms with van der Waals surface area (Å²) in [6.45, 7) is 4.36. The first-order valence-corrected chi connectivity index (χ1v) is 12.9. The Labute approximate surface area is 228 Å². The van der Waals surface area contributed by atoms with Crippen molar-refractivity contribution in [3.05, 3.63) is 102 Å². The van der Waals surface area contributed by atoms with Gasteiger partial charge in [0.1, 0.15) is 18.2 Å². The molecular formula is C30H33BrF2N2O2. The zero-order valence-corrected chi connectivity index (χ0v) is 22.5. The number of quaternary nitrogens is 1. The maximum absolute atomic E-state index is 14.0. The molecule has 3 aromatic rings. The van der Waals surface area contributed by atoms with Gasteiger partial charge in [0, 0.05) is 25.2 Å². The molecule has 0 spiro atoms.